The summed E-state index contributed by atoms with van der Waals surface area (Å²) in [5.41, 5.74) is 9.04. The van der Waals surface area contributed by atoms with Crippen LogP contribution in [0.25, 0.3) is 11.3 Å². The Balaban J connectivity index is 1.54. The fraction of sp³-hybridized carbons (Fsp3) is 0.391. The number of ether oxygens (including phenoxy) is 1. The number of hydrogen-bond acceptors (Lipinski definition) is 5. The van der Waals surface area contributed by atoms with Gasteiger partial charge < -0.3 is 20.4 Å². The fourth-order valence-electron chi connectivity index (χ4n) is 4.21. The molecule has 1 aliphatic rings. The van der Waals surface area contributed by atoms with Crippen molar-refractivity contribution in [2.24, 2.45) is 5.73 Å². The van der Waals surface area contributed by atoms with Gasteiger partial charge in [0.15, 0.2) is 0 Å². The van der Waals surface area contributed by atoms with Gasteiger partial charge in [0.2, 0.25) is 5.91 Å². The predicted octanol–water partition coefficient (Wildman–Crippen LogP) is 2.40. The first kappa shape index (κ1) is 21.6. The molecule has 0 aliphatic carbocycles. The maximum Gasteiger partial charge on any atom is 0.267 e. The molecule has 2 amide bonds. The predicted molar refractivity (Wildman–Crippen MR) is 119 cm³/mol. The molecule has 1 unspecified atom stereocenters. The number of aryl methyl sites for hydroxylation is 2. The van der Waals surface area contributed by atoms with E-state index in [2.05, 4.69) is 10.1 Å². The van der Waals surface area contributed by atoms with Crippen molar-refractivity contribution in [2.45, 2.75) is 39.2 Å². The number of nitrogens with one attached hydrogen (secondary N) is 1. The number of primary amides is 1. The molecule has 9 heteroatoms. The quantitative estimate of drug-likeness (QED) is 0.615. The molecule has 3 N–H and O–H groups in total. The van der Waals surface area contributed by atoms with Gasteiger partial charge in [-0.2, -0.15) is 5.10 Å². The van der Waals surface area contributed by atoms with Crippen molar-refractivity contribution < 1.29 is 14.3 Å². The number of likely N-dealkylation sites (tertiary alicyclic amines) is 1. The van der Waals surface area contributed by atoms with Crippen LogP contribution in [-0.2, 0) is 11.3 Å². The molecule has 32 heavy (non-hydrogen) atoms. The van der Waals surface area contributed by atoms with Gasteiger partial charge >= 0.3 is 0 Å². The van der Waals surface area contributed by atoms with Crippen molar-refractivity contribution in [2.75, 3.05) is 20.2 Å². The van der Waals surface area contributed by atoms with Crippen LogP contribution >= 0.6 is 0 Å². The van der Waals surface area contributed by atoms with Gasteiger partial charge in [-0.25, -0.2) is 4.98 Å². The summed E-state index contributed by atoms with van der Waals surface area (Å²) in [5.74, 6) is 0.849. The molecule has 2 aromatic heterocycles. The van der Waals surface area contributed by atoms with Crippen LogP contribution in [0.2, 0.25) is 0 Å². The number of amides is 2. The lowest BCUT2D eigenvalue weighted by Crippen LogP contribution is -2.41. The molecule has 1 aromatic carbocycles. The first-order valence-electron chi connectivity index (χ1n) is 10.7. The summed E-state index contributed by atoms with van der Waals surface area (Å²) >= 11 is 0. The molecule has 9 nitrogen and oxygen atoms in total. The Kier molecular flexibility index (Phi) is 5.98. The molecule has 1 atom stereocenters. The van der Waals surface area contributed by atoms with Gasteiger partial charge in [-0.1, -0.05) is 0 Å². The number of piperidine rings is 1. The average molecular weight is 437 g/mol. The maximum absolute atomic E-state index is 12.9. The summed E-state index contributed by atoms with van der Waals surface area (Å²) in [7, 11) is 1.60. The van der Waals surface area contributed by atoms with Crippen molar-refractivity contribution in [3.8, 4) is 17.0 Å². The largest absolute Gasteiger partial charge is 0.497 e. The van der Waals surface area contributed by atoms with Crippen molar-refractivity contribution in [1.82, 2.24) is 24.6 Å². The SMILES string of the molecule is COc1ccc(-c2nc(C3CCCN(C(=O)Cn4nc(C)cc4C)C3)[nH]c2C(N)=O)cc1. The Hall–Kier alpha value is -3.62. The molecule has 0 radical (unpaired) electrons. The average Bonchev–Trinajstić information content (AvgIpc) is 3.37. The number of H-pyrrole nitrogens is 1. The van der Waals surface area contributed by atoms with E-state index in [1.807, 2.05) is 49.1 Å². The third kappa shape index (κ3) is 4.37. The van der Waals surface area contributed by atoms with Gasteiger partial charge in [0.25, 0.3) is 5.91 Å². The van der Waals surface area contributed by atoms with Crippen LogP contribution < -0.4 is 10.5 Å². The molecular weight excluding hydrogens is 408 g/mol. The molecule has 168 valence electrons. The number of carbonyl (C=O) groups excluding carboxylic acids is 2. The van der Waals surface area contributed by atoms with E-state index < -0.39 is 5.91 Å². The van der Waals surface area contributed by atoms with E-state index in [1.165, 1.54) is 0 Å². The monoisotopic (exact) mass is 436 g/mol. The number of nitrogens with zero attached hydrogens (tertiary/aromatic N) is 4. The normalized spacial score (nSPS) is 16.2. The van der Waals surface area contributed by atoms with Gasteiger partial charge in [0, 0.05) is 30.3 Å². The van der Waals surface area contributed by atoms with Gasteiger partial charge in [0.05, 0.1) is 12.8 Å². The van der Waals surface area contributed by atoms with E-state index in [4.69, 9.17) is 15.5 Å². The molecule has 0 bridgehead atoms. The van der Waals surface area contributed by atoms with E-state index >= 15 is 0 Å². The summed E-state index contributed by atoms with van der Waals surface area (Å²) in [6.07, 6.45) is 1.73. The highest BCUT2D eigenvalue weighted by atomic mass is 16.5. The number of rotatable bonds is 6. The number of nitrogens with two attached hydrogens (primary N) is 1. The molecule has 0 spiro atoms. The number of aromatic amines is 1. The highest BCUT2D eigenvalue weighted by molar-refractivity contribution is 5.97. The molecule has 4 rings (SSSR count). The Morgan fingerprint density at radius 3 is 2.62 bits per heavy atom. The van der Waals surface area contributed by atoms with E-state index in [0.29, 0.717) is 30.4 Å². The van der Waals surface area contributed by atoms with Gasteiger partial charge in [-0.3, -0.25) is 14.3 Å². The minimum atomic E-state index is -0.567. The lowest BCUT2D eigenvalue weighted by atomic mass is 9.97. The van der Waals surface area contributed by atoms with Crippen molar-refractivity contribution in [3.63, 3.8) is 0 Å². The lowest BCUT2D eigenvalue weighted by Gasteiger charge is -2.32. The highest BCUT2D eigenvalue weighted by Gasteiger charge is 2.29. The minimum Gasteiger partial charge on any atom is -0.497 e. The Morgan fingerprint density at radius 2 is 2.00 bits per heavy atom. The number of hydrogen-bond donors (Lipinski definition) is 2. The van der Waals surface area contributed by atoms with Crippen LogP contribution in [0.15, 0.2) is 30.3 Å². The summed E-state index contributed by atoms with van der Waals surface area (Å²) < 4.78 is 6.94. The summed E-state index contributed by atoms with van der Waals surface area (Å²) in [5, 5.41) is 4.39. The second-order valence-corrected chi connectivity index (χ2v) is 8.20. The Bertz CT molecular complexity index is 1130. The van der Waals surface area contributed by atoms with Crippen molar-refractivity contribution in [3.05, 3.63) is 53.2 Å². The molecule has 3 heterocycles. The number of methoxy groups -OCH3 is 1. The van der Waals surface area contributed by atoms with Crippen LogP contribution in [-0.4, -0.2) is 56.7 Å². The first-order chi connectivity index (χ1) is 15.4. The number of carbonyl (C=O) groups is 2. The summed E-state index contributed by atoms with van der Waals surface area (Å²) in [4.78, 5) is 34.7. The zero-order valence-electron chi connectivity index (χ0n) is 18.6. The molecule has 3 aromatic rings. The number of benzene rings is 1. The lowest BCUT2D eigenvalue weighted by molar-refractivity contribution is -0.133. The minimum absolute atomic E-state index is 0.00162. The van der Waals surface area contributed by atoms with Crippen molar-refractivity contribution in [1.29, 1.82) is 0 Å². The van der Waals surface area contributed by atoms with Crippen LogP contribution in [0, 0.1) is 13.8 Å². The van der Waals surface area contributed by atoms with E-state index in [0.717, 1.165) is 29.8 Å². The highest BCUT2D eigenvalue weighted by Crippen LogP contribution is 2.30. The van der Waals surface area contributed by atoms with Gasteiger partial charge in [0.1, 0.15) is 29.5 Å². The van der Waals surface area contributed by atoms with Crippen LogP contribution in [0.1, 0.15) is 46.5 Å². The summed E-state index contributed by atoms with van der Waals surface area (Å²) in [6.45, 7) is 5.31. The fourth-order valence-corrected chi connectivity index (χ4v) is 4.21. The van der Waals surface area contributed by atoms with Crippen LogP contribution in [0.5, 0.6) is 5.75 Å². The second kappa shape index (κ2) is 8.86. The first-order valence-corrected chi connectivity index (χ1v) is 10.7. The Morgan fingerprint density at radius 1 is 1.25 bits per heavy atom. The Labute approximate surface area is 186 Å². The standard InChI is InChI=1S/C23H28N6O3/c1-14-11-15(2)29(27-14)13-19(30)28-10-4-5-17(12-28)23-25-20(21(26-23)22(24)31)16-6-8-18(32-3)9-7-16/h6-9,11,17H,4-5,10,12-13H2,1-3H3,(H2,24,31)(H,25,26). The number of aromatic nitrogens is 4. The summed E-state index contributed by atoms with van der Waals surface area (Å²) in [6, 6.07) is 9.27. The van der Waals surface area contributed by atoms with Crippen molar-refractivity contribution >= 4 is 11.8 Å². The molecule has 1 saturated heterocycles. The third-order valence-electron chi connectivity index (χ3n) is 5.88. The van der Waals surface area contributed by atoms with Gasteiger partial charge in [-0.05, 0) is 57.0 Å². The van der Waals surface area contributed by atoms with E-state index in [-0.39, 0.29) is 24.1 Å². The second-order valence-electron chi connectivity index (χ2n) is 8.20. The van der Waals surface area contributed by atoms with Gasteiger partial charge in [-0.15, -0.1) is 0 Å². The zero-order valence-corrected chi connectivity index (χ0v) is 18.6. The zero-order chi connectivity index (χ0) is 22.8. The van der Waals surface area contributed by atoms with E-state index in [9.17, 15) is 9.59 Å². The topological polar surface area (TPSA) is 119 Å². The van der Waals surface area contributed by atoms with Crippen LogP contribution in [0.3, 0.4) is 0 Å². The molecule has 1 aliphatic heterocycles. The molecule has 1 fully saturated rings. The smallest absolute Gasteiger partial charge is 0.267 e. The van der Waals surface area contributed by atoms with Crippen LogP contribution in [0.4, 0.5) is 0 Å². The third-order valence-corrected chi connectivity index (χ3v) is 5.88. The maximum atomic E-state index is 12.9. The molecular formula is C23H28N6O3. The number of imidazole rings is 1. The van der Waals surface area contributed by atoms with E-state index in [1.54, 1.807) is 11.8 Å². The molecule has 0 saturated carbocycles.